The number of hydrogen-bond acceptors (Lipinski definition) is 4. The molecule has 6 heteroatoms. The molecule has 0 radical (unpaired) electrons. The van der Waals surface area contributed by atoms with Crippen LogP contribution in [0.25, 0.3) is 5.69 Å². The van der Waals surface area contributed by atoms with Crippen molar-refractivity contribution in [3.8, 4) is 5.69 Å². The maximum absolute atomic E-state index is 12.3. The van der Waals surface area contributed by atoms with Crippen LogP contribution >= 0.6 is 11.8 Å². The molecule has 3 aromatic rings. The van der Waals surface area contributed by atoms with Gasteiger partial charge in [0.05, 0.1) is 17.5 Å². The first kappa shape index (κ1) is 17.8. The largest absolute Gasteiger partial charge is 0.349 e. The van der Waals surface area contributed by atoms with E-state index in [0.717, 1.165) is 29.9 Å². The molecule has 1 unspecified atom stereocenters. The molecular weight excluding hydrogens is 356 g/mol. The first-order valence-corrected chi connectivity index (χ1v) is 10.2. The molecule has 1 heterocycles. The van der Waals surface area contributed by atoms with Crippen molar-refractivity contribution in [3.63, 3.8) is 0 Å². The van der Waals surface area contributed by atoms with Crippen LogP contribution in [0.2, 0.25) is 0 Å². The zero-order valence-electron chi connectivity index (χ0n) is 15.2. The molecule has 1 aromatic heterocycles. The Morgan fingerprint density at radius 1 is 1.15 bits per heavy atom. The Morgan fingerprint density at radius 2 is 1.81 bits per heavy atom. The van der Waals surface area contributed by atoms with E-state index in [2.05, 4.69) is 10.4 Å². The van der Waals surface area contributed by atoms with Gasteiger partial charge in [0.15, 0.2) is 0 Å². The molecule has 1 saturated carbocycles. The first-order valence-electron chi connectivity index (χ1n) is 9.20. The van der Waals surface area contributed by atoms with Gasteiger partial charge in [0.25, 0.3) is 0 Å². The van der Waals surface area contributed by atoms with Gasteiger partial charge in [-0.3, -0.25) is 4.79 Å². The summed E-state index contributed by atoms with van der Waals surface area (Å²) < 4.78 is 1.92. The van der Waals surface area contributed by atoms with Gasteiger partial charge in [-0.05, 0) is 37.5 Å². The fourth-order valence-electron chi connectivity index (χ4n) is 2.97. The van der Waals surface area contributed by atoms with Crippen LogP contribution in [0.15, 0.2) is 65.8 Å². The normalized spacial score (nSPS) is 14.7. The van der Waals surface area contributed by atoms with Crippen LogP contribution in [0, 0.1) is 0 Å². The van der Waals surface area contributed by atoms with Gasteiger partial charge in [-0.25, -0.2) is 9.67 Å². The van der Waals surface area contributed by atoms with Crippen molar-refractivity contribution in [1.82, 2.24) is 20.1 Å². The molecule has 2 aromatic carbocycles. The Balaban J connectivity index is 1.40. The van der Waals surface area contributed by atoms with E-state index in [4.69, 9.17) is 4.98 Å². The van der Waals surface area contributed by atoms with Crippen molar-refractivity contribution in [2.45, 2.75) is 36.9 Å². The van der Waals surface area contributed by atoms with Gasteiger partial charge in [0, 0.05) is 5.92 Å². The number of amides is 1. The van der Waals surface area contributed by atoms with Crippen molar-refractivity contribution >= 4 is 17.7 Å². The van der Waals surface area contributed by atoms with E-state index < -0.39 is 0 Å². The molecule has 0 bridgehead atoms. The maximum Gasteiger partial charge on any atom is 0.230 e. The molecule has 0 aliphatic heterocycles. The van der Waals surface area contributed by atoms with E-state index in [1.54, 1.807) is 0 Å². The average molecular weight is 379 g/mol. The highest BCUT2D eigenvalue weighted by molar-refractivity contribution is 7.99. The molecule has 4 rings (SSSR count). The topological polar surface area (TPSA) is 59.8 Å². The number of hydrogen-bond donors (Lipinski definition) is 1. The third kappa shape index (κ3) is 4.39. The number of rotatable bonds is 7. The Labute approximate surface area is 163 Å². The SMILES string of the molecule is CC(NC(=O)CSc1nc(C2CC2)n(-c2ccccc2)n1)c1ccccc1. The average Bonchev–Trinajstić information content (AvgIpc) is 3.47. The van der Waals surface area contributed by atoms with Crippen LogP contribution in [-0.4, -0.2) is 26.4 Å². The molecule has 1 aliphatic rings. The third-order valence-electron chi connectivity index (χ3n) is 4.57. The number of nitrogens with zero attached hydrogens (tertiary/aromatic N) is 3. The fraction of sp³-hybridized carbons (Fsp3) is 0.286. The van der Waals surface area contributed by atoms with Gasteiger partial charge in [-0.15, -0.1) is 5.10 Å². The van der Waals surface area contributed by atoms with Crippen molar-refractivity contribution < 1.29 is 4.79 Å². The number of carbonyl (C=O) groups is 1. The smallest absolute Gasteiger partial charge is 0.230 e. The number of carbonyl (C=O) groups excluding carboxylic acids is 1. The van der Waals surface area contributed by atoms with E-state index in [1.807, 2.05) is 72.3 Å². The number of aromatic nitrogens is 3. The van der Waals surface area contributed by atoms with Crippen LogP contribution in [0.4, 0.5) is 0 Å². The van der Waals surface area contributed by atoms with Gasteiger partial charge in [0.1, 0.15) is 5.82 Å². The lowest BCUT2D eigenvalue weighted by molar-refractivity contribution is -0.119. The third-order valence-corrected chi connectivity index (χ3v) is 5.40. The van der Waals surface area contributed by atoms with Crippen LogP contribution < -0.4 is 5.32 Å². The van der Waals surface area contributed by atoms with Crippen molar-refractivity contribution in [1.29, 1.82) is 0 Å². The second-order valence-corrected chi connectivity index (χ2v) is 7.71. The second-order valence-electron chi connectivity index (χ2n) is 6.76. The Hall–Kier alpha value is -2.60. The summed E-state index contributed by atoms with van der Waals surface area (Å²) >= 11 is 1.39. The molecule has 0 spiro atoms. The molecule has 1 aliphatic carbocycles. The summed E-state index contributed by atoms with van der Waals surface area (Å²) in [6, 6.07) is 20.0. The Bertz CT molecular complexity index is 906. The molecule has 138 valence electrons. The molecule has 1 amide bonds. The fourth-order valence-corrected chi connectivity index (χ4v) is 3.61. The molecular formula is C21H22N4OS. The summed E-state index contributed by atoms with van der Waals surface area (Å²) in [5.74, 6) is 1.78. The van der Waals surface area contributed by atoms with E-state index in [1.165, 1.54) is 11.8 Å². The summed E-state index contributed by atoms with van der Waals surface area (Å²) in [6.07, 6.45) is 2.31. The molecule has 0 saturated heterocycles. The second kappa shape index (κ2) is 7.96. The highest BCUT2D eigenvalue weighted by Gasteiger charge is 2.30. The van der Waals surface area contributed by atoms with Gasteiger partial charge >= 0.3 is 0 Å². The molecule has 27 heavy (non-hydrogen) atoms. The first-order chi connectivity index (χ1) is 13.2. The van der Waals surface area contributed by atoms with Crippen molar-refractivity contribution in [2.24, 2.45) is 0 Å². The number of benzene rings is 2. The highest BCUT2D eigenvalue weighted by atomic mass is 32.2. The van der Waals surface area contributed by atoms with Crippen LogP contribution in [0.5, 0.6) is 0 Å². The summed E-state index contributed by atoms with van der Waals surface area (Å²) in [6.45, 7) is 1.99. The summed E-state index contributed by atoms with van der Waals surface area (Å²) in [4.78, 5) is 17.0. The van der Waals surface area contributed by atoms with Crippen molar-refractivity contribution in [3.05, 3.63) is 72.1 Å². The molecule has 1 N–H and O–H groups in total. The number of nitrogens with one attached hydrogen (secondary N) is 1. The van der Waals surface area contributed by atoms with E-state index in [-0.39, 0.29) is 11.9 Å². The lowest BCUT2D eigenvalue weighted by atomic mass is 10.1. The minimum absolute atomic E-state index is 0.0135. The monoisotopic (exact) mass is 378 g/mol. The Morgan fingerprint density at radius 3 is 2.48 bits per heavy atom. The summed E-state index contributed by atoms with van der Waals surface area (Å²) in [5.41, 5.74) is 2.11. The van der Waals surface area contributed by atoms with E-state index in [9.17, 15) is 4.79 Å². The predicted octanol–water partition coefficient (Wildman–Crippen LogP) is 4.11. The van der Waals surface area contributed by atoms with Crippen LogP contribution in [0.1, 0.15) is 43.1 Å². The Kier molecular flexibility index (Phi) is 5.25. The maximum atomic E-state index is 12.3. The summed E-state index contributed by atoms with van der Waals surface area (Å²) in [7, 11) is 0. The van der Waals surface area contributed by atoms with Crippen molar-refractivity contribution in [2.75, 3.05) is 5.75 Å². The molecule has 5 nitrogen and oxygen atoms in total. The van der Waals surface area contributed by atoms with Crippen LogP contribution in [0.3, 0.4) is 0 Å². The zero-order valence-corrected chi connectivity index (χ0v) is 16.0. The highest BCUT2D eigenvalue weighted by Crippen LogP contribution is 2.40. The van der Waals surface area contributed by atoms with E-state index >= 15 is 0 Å². The predicted molar refractivity (Wildman–Crippen MR) is 107 cm³/mol. The van der Waals surface area contributed by atoms with Crippen LogP contribution in [-0.2, 0) is 4.79 Å². The van der Waals surface area contributed by atoms with Gasteiger partial charge in [-0.1, -0.05) is 60.3 Å². The minimum atomic E-state index is -0.0174. The summed E-state index contributed by atoms with van der Waals surface area (Å²) in [5, 5.41) is 8.33. The van der Waals surface area contributed by atoms with Gasteiger partial charge < -0.3 is 5.32 Å². The number of thioether (sulfide) groups is 1. The quantitative estimate of drug-likeness (QED) is 0.629. The minimum Gasteiger partial charge on any atom is -0.349 e. The van der Waals surface area contributed by atoms with Gasteiger partial charge in [0.2, 0.25) is 11.1 Å². The molecule has 1 atom stereocenters. The van der Waals surface area contributed by atoms with E-state index in [0.29, 0.717) is 16.8 Å². The standard InChI is InChI=1S/C21H22N4OS/c1-15(16-8-4-2-5-9-16)22-19(26)14-27-21-23-20(17-12-13-17)25(24-21)18-10-6-3-7-11-18/h2-11,15,17H,12-14H2,1H3,(H,22,26). The number of para-hydroxylation sites is 1. The molecule has 1 fully saturated rings. The zero-order chi connectivity index (χ0) is 18.6. The lowest BCUT2D eigenvalue weighted by Gasteiger charge is -2.13. The lowest BCUT2D eigenvalue weighted by Crippen LogP contribution is -2.28. The van der Waals surface area contributed by atoms with Gasteiger partial charge in [-0.2, -0.15) is 0 Å².